The maximum Gasteiger partial charge on any atom is 0.285 e. The summed E-state index contributed by atoms with van der Waals surface area (Å²) in [6.45, 7) is 1.00. The average Bonchev–Trinajstić information content (AvgIpc) is 3.24. The van der Waals surface area contributed by atoms with E-state index < -0.39 is 21.8 Å². The van der Waals surface area contributed by atoms with Gasteiger partial charge in [0.05, 0.1) is 4.90 Å². The number of hydrazone groups is 1. The molecule has 2 heterocycles. The quantitative estimate of drug-likeness (QED) is 0.670. The zero-order valence-electron chi connectivity index (χ0n) is 15.3. The van der Waals surface area contributed by atoms with Gasteiger partial charge in [-0.25, -0.2) is 13.4 Å². The molecule has 2 aliphatic rings. The van der Waals surface area contributed by atoms with Crippen molar-refractivity contribution in [2.75, 3.05) is 20.1 Å². The van der Waals surface area contributed by atoms with Crippen LogP contribution in [0.3, 0.4) is 0 Å². The van der Waals surface area contributed by atoms with E-state index in [4.69, 9.17) is 0 Å². The molecule has 0 bridgehead atoms. The molecule has 11 heteroatoms. The van der Waals surface area contributed by atoms with Crippen LogP contribution in [0.2, 0.25) is 0 Å². The number of hydrazine groups is 1. The Balaban J connectivity index is 1.60. The van der Waals surface area contributed by atoms with E-state index in [1.165, 1.54) is 35.6 Å². The van der Waals surface area contributed by atoms with Crippen molar-refractivity contribution in [3.05, 3.63) is 29.8 Å². The Morgan fingerprint density at radius 3 is 2.21 bits per heavy atom. The molecule has 2 aliphatic heterocycles. The highest BCUT2D eigenvalue weighted by Gasteiger charge is 2.27. The summed E-state index contributed by atoms with van der Waals surface area (Å²) in [5.74, 6) is -1.40. The number of amides is 3. The van der Waals surface area contributed by atoms with Crippen LogP contribution in [-0.4, -0.2) is 61.3 Å². The molecular weight excluding hydrogens is 386 g/mol. The van der Waals surface area contributed by atoms with Crippen molar-refractivity contribution in [3.8, 4) is 0 Å². The monoisotopic (exact) mass is 407 g/mol. The van der Waals surface area contributed by atoms with Crippen LogP contribution in [0.5, 0.6) is 0 Å². The first-order valence-corrected chi connectivity index (χ1v) is 10.3. The molecule has 0 unspecified atom stereocenters. The Labute approximate surface area is 162 Å². The zero-order valence-corrected chi connectivity index (χ0v) is 16.2. The van der Waals surface area contributed by atoms with Crippen molar-refractivity contribution in [1.29, 1.82) is 0 Å². The molecule has 0 aromatic heterocycles. The predicted molar refractivity (Wildman–Crippen MR) is 99.5 cm³/mol. The third-order valence-corrected chi connectivity index (χ3v) is 6.49. The molecule has 1 saturated heterocycles. The van der Waals surface area contributed by atoms with Crippen molar-refractivity contribution in [1.82, 2.24) is 20.2 Å². The van der Waals surface area contributed by atoms with Crippen LogP contribution in [0, 0.1) is 0 Å². The summed E-state index contributed by atoms with van der Waals surface area (Å²) < 4.78 is 26.4. The van der Waals surface area contributed by atoms with Crippen molar-refractivity contribution >= 4 is 33.5 Å². The van der Waals surface area contributed by atoms with Crippen LogP contribution in [0.1, 0.15) is 36.0 Å². The fourth-order valence-corrected chi connectivity index (χ4v) is 4.46. The minimum absolute atomic E-state index is 0.124. The van der Waals surface area contributed by atoms with E-state index in [1.807, 2.05) is 0 Å². The number of hydrogen-bond acceptors (Lipinski definition) is 6. The molecule has 0 atom stereocenters. The van der Waals surface area contributed by atoms with Gasteiger partial charge in [0.1, 0.15) is 5.71 Å². The van der Waals surface area contributed by atoms with Crippen LogP contribution >= 0.6 is 0 Å². The smallest absolute Gasteiger partial charge is 0.273 e. The normalized spacial score (nSPS) is 18.0. The van der Waals surface area contributed by atoms with Gasteiger partial charge in [-0.2, -0.15) is 9.41 Å². The molecule has 28 heavy (non-hydrogen) atoms. The van der Waals surface area contributed by atoms with E-state index in [0.29, 0.717) is 13.1 Å². The van der Waals surface area contributed by atoms with Gasteiger partial charge in [0.25, 0.3) is 11.8 Å². The summed E-state index contributed by atoms with van der Waals surface area (Å²) in [6.07, 6.45) is 2.04. The van der Waals surface area contributed by atoms with Crippen molar-refractivity contribution in [2.45, 2.75) is 30.6 Å². The number of benzene rings is 1. The second-order valence-corrected chi connectivity index (χ2v) is 8.45. The molecule has 1 aromatic carbocycles. The Hall–Kier alpha value is -2.79. The van der Waals surface area contributed by atoms with Crippen molar-refractivity contribution in [2.24, 2.45) is 5.10 Å². The van der Waals surface area contributed by atoms with Gasteiger partial charge in [-0.1, -0.05) is 0 Å². The standard InChI is InChI=1S/C17H21N5O5S/c1-21-15(23)9-8-14(20-21)17(25)19-18-16(24)12-4-6-13(7-5-12)28(26,27)22-10-2-3-11-22/h4-7H,2-3,8-11H2,1H3,(H,18,24)(H,19,25). The first-order valence-electron chi connectivity index (χ1n) is 8.84. The van der Waals surface area contributed by atoms with Crippen molar-refractivity contribution < 1.29 is 22.8 Å². The Kier molecular flexibility index (Phi) is 5.75. The molecule has 0 aliphatic carbocycles. The van der Waals surface area contributed by atoms with Gasteiger partial charge >= 0.3 is 0 Å². The lowest BCUT2D eigenvalue weighted by molar-refractivity contribution is -0.130. The topological polar surface area (TPSA) is 128 Å². The summed E-state index contributed by atoms with van der Waals surface area (Å²) in [4.78, 5) is 35.7. The van der Waals surface area contributed by atoms with Gasteiger partial charge in [-0.15, -0.1) is 0 Å². The van der Waals surface area contributed by atoms with Crippen LogP contribution in [0.4, 0.5) is 0 Å². The summed E-state index contributed by atoms with van der Waals surface area (Å²) in [5, 5.41) is 4.94. The fourth-order valence-electron chi connectivity index (χ4n) is 2.95. The molecule has 0 spiro atoms. The third kappa shape index (κ3) is 4.20. The number of hydrogen-bond donors (Lipinski definition) is 2. The van der Waals surface area contributed by atoms with Gasteiger partial charge < -0.3 is 0 Å². The molecule has 0 radical (unpaired) electrons. The van der Waals surface area contributed by atoms with Crippen LogP contribution < -0.4 is 10.9 Å². The summed E-state index contributed by atoms with van der Waals surface area (Å²) >= 11 is 0. The molecule has 0 saturated carbocycles. The molecule has 150 valence electrons. The summed E-state index contributed by atoms with van der Waals surface area (Å²) in [6, 6.07) is 5.51. The maximum absolute atomic E-state index is 12.5. The number of carbonyl (C=O) groups is 3. The van der Waals surface area contributed by atoms with Gasteiger partial charge in [-0.05, 0) is 37.1 Å². The highest BCUT2D eigenvalue weighted by molar-refractivity contribution is 7.89. The number of nitrogens with one attached hydrogen (secondary N) is 2. The number of carbonyl (C=O) groups excluding carboxylic acids is 3. The minimum Gasteiger partial charge on any atom is -0.273 e. The number of rotatable bonds is 4. The highest BCUT2D eigenvalue weighted by atomic mass is 32.2. The van der Waals surface area contributed by atoms with Gasteiger partial charge in [-0.3, -0.25) is 25.2 Å². The molecule has 1 fully saturated rings. The van der Waals surface area contributed by atoms with E-state index in [1.54, 1.807) is 0 Å². The van der Waals surface area contributed by atoms with Crippen LogP contribution in [0.15, 0.2) is 34.3 Å². The Morgan fingerprint density at radius 2 is 1.61 bits per heavy atom. The molecule has 2 N–H and O–H groups in total. The maximum atomic E-state index is 12.5. The first kappa shape index (κ1) is 20.0. The number of sulfonamides is 1. The molecule has 10 nitrogen and oxygen atoms in total. The predicted octanol–water partition coefficient (Wildman–Crippen LogP) is -0.160. The average molecular weight is 407 g/mol. The zero-order chi connectivity index (χ0) is 20.3. The lowest BCUT2D eigenvalue weighted by Gasteiger charge is -2.19. The molecular formula is C17H21N5O5S. The lowest BCUT2D eigenvalue weighted by atomic mass is 10.1. The Bertz CT molecular complexity index is 920. The van der Waals surface area contributed by atoms with E-state index in [0.717, 1.165) is 17.9 Å². The molecule has 3 rings (SSSR count). The van der Waals surface area contributed by atoms with Crippen LogP contribution in [0.25, 0.3) is 0 Å². The second kappa shape index (κ2) is 8.07. The summed E-state index contributed by atoms with van der Waals surface area (Å²) in [5.41, 5.74) is 4.82. The molecule has 1 aromatic rings. The largest absolute Gasteiger partial charge is 0.285 e. The van der Waals surface area contributed by atoms with Gasteiger partial charge in [0.2, 0.25) is 15.9 Å². The van der Waals surface area contributed by atoms with Crippen LogP contribution in [-0.2, 0) is 19.6 Å². The molecule has 3 amide bonds. The van der Waals surface area contributed by atoms with E-state index in [-0.39, 0.29) is 34.9 Å². The van der Waals surface area contributed by atoms with E-state index in [2.05, 4.69) is 16.0 Å². The second-order valence-electron chi connectivity index (χ2n) is 6.51. The lowest BCUT2D eigenvalue weighted by Crippen LogP contribution is -2.46. The Morgan fingerprint density at radius 1 is 1.00 bits per heavy atom. The van der Waals surface area contributed by atoms with E-state index >= 15 is 0 Å². The first-order chi connectivity index (χ1) is 13.3. The van der Waals surface area contributed by atoms with Gasteiger partial charge in [0.15, 0.2) is 0 Å². The minimum atomic E-state index is -3.55. The highest BCUT2D eigenvalue weighted by Crippen LogP contribution is 2.21. The van der Waals surface area contributed by atoms with E-state index in [9.17, 15) is 22.8 Å². The fraction of sp³-hybridized carbons (Fsp3) is 0.412. The third-order valence-electron chi connectivity index (χ3n) is 4.58. The van der Waals surface area contributed by atoms with Crippen molar-refractivity contribution in [3.63, 3.8) is 0 Å². The summed E-state index contributed by atoms with van der Waals surface area (Å²) in [7, 11) is -2.10. The number of nitrogens with zero attached hydrogens (tertiary/aromatic N) is 3. The SMILES string of the molecule is CN1N=C(C(=O)NNC(=O)c2ccc(S(=O)(=O)N3CCCC3)cc2)CCC1=O. The van der Waals surface area contributed by atoms with Gasteiger partial charge in [0, 0.05) is 38.5 Å².